The van der Waals surface area contributed by atoms with Gasteiger partial charge < -0.3 is 14.8 Å². The molecule has 1 aromatic carbocycles. The lowest BCUT2D eigenvalue weighted by Crippen LogP contribution is -2.48. The maximum atomic E-state index is 12.4. The summed E-state index contributed by atoms with van der Waals surface area (Å²) in [4.78, 5) is 36.8. The Balaban J connectivity index is 2.03. The number of non-ortho nitro benzene ring substituents is 1. The first-order valence-corrected chi connectivity index (χ1v) is 8.80. The van der Waals surface area contributed by atoms with Crippen molar-refractivity contribution in [2.45, 2.75) is 20.0 Å². The molecule has 1 aliphatic heterocycles. The van der Waals surface area contributed by atoms with Gasteiger partial charge >= 0.3 is 5.97 Å². The molecule has 148 valence electrons. The van der Waals surface area contributed by atoms with Crippen LogP contribution in [-0.2, 0) is 9.47 Å². The summed E-state index contributed by atoms with van der Waals surface area (Å²) in [6.45, 7) is 7.69. The van der Waals surface area contributed by atoms with Crippen LogP contribution in [0.1, 0.15) is 34.6 Å². The Bertz CT molecular complexity index is 706. The predicted molar refractivity (Wildman–Crippen MR) is 97.8 cm³/mol. The molecule has 0 aromatic heterocycles. The molecule has 1 aliphatic rings. The van der Waals surface area contributed by atoms with E-state index in [2.05, 4.69) is 28.8 Å². The van der Waals surface area contributed by atoms with E-state index in [1.54, 1.807) is 0 Å². The first-order chi connectivity index (χ1) is 12.8. The van der Waals surface area contributed by atoms with Gasteiger partial charge in [0.05, 0.1) is 30.3 Å². The third-order valence-electron chi connectivity index (χ3n) is 4.15. The molecule has 1 fully saturated rings. The first-order valence-electron chi connectivity index (χ1n) is 8.80. The maximum absolute atomic E-state index is 12.4. The van der Waals surface area contributed by atoms with E-state index >= 15 is 0 Å². The summed E-state index contributed by atoms with van der Waals surface area (Å²) in [5, 5.41) is 13.8. The standard InChI is InChI=1S/C18H25N3O6/c1-12(2)10-20-4-5-27-16(11-20)9-19-17(22)13-6-14(18(23)26-3)8-15(7-13)21(24)25/h6-8,12,16H,4-5,9-11H2,1-3H3,(H,19,22). The van der Waals surface area contributed by atoms with Crippen molar-refractivity contribution in [1.82, 2.24) is 10.2 Å². The van der Waals surface area contributed by atoms with Crippen LogP contribution in [0.4, 0.5) is 5.69 Å². The van der Waals surface area contributed by atoms with E-state index < -0.39 is 16.8 Å². The zero-order chi connectivity index (χ0) is 20.0. The van der Waals surface area contributed by atoms with Crippen molar-refractivity contribution in [2.24, 2.45) is 5.92 Å². The lowest BCUT2D eigenvalue weighted by atomic mass is 10.1. The molecule has 9 heteroatoms. The van der Waals surface area contributed by atoms with Crippen molar-refractivity contribution < 1.29 is 24.0 Å². The first kappa shape index (κ1) is 20.8. The number of carbonyl (C=O) groups is 2. The molecule has 1 aromatic rings. The number of hydrogen-bond donors (Lipinski definition) is 1. The van der Waals surface area contributed by atoms with Gasteiger partial charge in [-0.15, -0.1) is 0 Å². The van der Waals surface area contributed by atoms with Gasteiger partial charge in [-0.05, 0) is 12.0 Å². The van der Waals surface area contributed by atoms with Crippen LogP contribution in [0.2, 0.25) is 0 Å². The van der Waals surface area contributed by atoms with E-state index in [1.165, 1.54) is 13.2 Å². The van der Waals surface area contributed by atoms with Gasteiger partial charge in [-0.25, -0.2) is 4.79 Å². The summed E-state index contributed by atoms with van der Waals surface area (Å²) >= 11 is 0. The minimum Gasteiger partial charge on any atom is -0.465 e. The van der Waals surface area contributed by atoms with E-state index in [0.29, 0.717) is 19.1 Å². The van der Waals surface area contributed by atoms with Crippen LogP contribution in [-0.4, -0.2) is 67.7 Å². The molecule has 0 bridgehead atoms. The van der Waals surface area contributed by atoms with Crippen LogP contribution in [0.5, 0.6) is 0 Å². The van der Waals surface area contributed by atoms with Gasteiger partial charge in [0, 0.05) is 43.9 Å². The number of methoxy groups -OCH3 is 1. The van der Waals surface area contributed by atoms with Crippen LogP contribution < -0.4 is 5.32 Å². The number of benzene rings is 1. The molecule has 1 heterocycles. The Morgan fingerprint density at radius 2 is 2.07 bits per heavy atom. The highest BCUT2D eigenvalue weighted by atomic mass is 16.6. The van der Waals surface area contributed by atoms with Crippen LogP contribution in [0.3, 0.4) is 0 Å². The third kappa shape index (κ3) is 6.00. The molecule has 1 atom stereocenters. The third-order valence-corrected chi connectivity index (χ3v) is 4.15. The number of nitrogens with zero attached hydrogens (tertiary/aromatic N) is 2. The van der Waals surface area contributed by atoms with Gasteiger partial charge in [0.15, 0.2) is 0 Å². The second-order valence-electron chi connectivity index (χ2n) is 6.87. The van der Waals surface area contributed by atoms with Gasteiger partial charge in [-0.1, -0.05) is 13.8 Å². The Morgan fingerprint density at radius 1 is 1.37 bits per heavy atom. The zero-order valence-electron chi connectivity index (χ0n) is 15.8. The van der Waals surface area contributed by atoms with Gasteiger partial charge in [0.1, 0.15) is 0 Å². The second-order valence-corrected chi connectivity index (χ2v) is 6.87. The van der Waals surface area contributed by atoms with Crippen LogP contribution in [0.15, 0.2) is 18.2 Å². The van der Waals surface area contributed by atoms with E-state index in [9.17, 15) is 19.7 Å². The highest BCUT2D eigenvalue weighted by molar-refractivity contribution is 5.98. The second kappa shape index (κ2) is 9.43. The topological polar surface area (TPSA) is 111 Å². The molecule has 2 rings (SSSR count). The van der Waals surface area contributed by atoms with Crippen molar-refractivity contribution in [2.75, 3.05) is 39.9 Å². The number of hydrogen-bond acceptors (Lipinski definition) is 7. The molecule has 9 nitrogen and oxygen atoms in total. The monoisotopic (exact) mass is 379 g/mol. The smallest absolute Gasteiger partial charge is 0.338 e. The molecular formula is C18H25N3O6. The SMILES string of the molecule is COC(=O)c1cc(C(=O)NCC2CN(CC(C)C)CCO2)cc([N+](=O)[O-])c1. The van der Waals surface area contributed by atoms with E-state index in [1.807, 2.05) is 0 Å². The summed E-state index contributed by atoms with van der Waals surface area (Å²) in [5.41, 5.74) is -0.367. The van der Waals surface area contributed by atoms with Crippen molar-refractivity contribution >= 4 is 17.6 Å². The lowest BCUT2D eigenvalue weighted by Gasteiger charge is -2.33. The quantitative estimate of drug-likeness (QED) is 0.434. The number of nitro benzene ring substituents is 1. The van der Waals surface area contributed by atoms with Crippen molar-refractivity contribution in [3.63, 3.8) is 0 Å². The summed E-state index contributed by atoms with van der Waals surface area (Å²) in [7, 11) is 1.17. The molecule has 0 radical (unpaired) electrons. The molecule has 1 unspecified atom stereocenters. The highest BCUT2D eigenvalue weighted by Crippen LogP contribution is 2.18. The summed E-state index contributed by atoms with van der Waals surface area (Å²) in [5.74, 6) is -0.707. The van der Waals surface area contributed by atoms with Gasteiger partial charge in [0.25, 0.3) is 11.6 Å². The van der Waals surface area contributed by atoms with Gasteiger partial charge in [-0.2, -0.15) is 0 Å². The Kier molecular flexibility index (Phi) is 7.26. The van der Waals surface area contributed by atoms with E-state index in [-0.39, 0.29) is 29.5 Å². The summed E-state index contributed by atoms with van der Waals surface area (Å²) in [6.07, 6.45) is -0.153. The van der Waals surface area contributed by atoms with Crippen molar-refractivity contribution in [3.05, 3.63) is 39.4 Å². The zero-order valence-corrected chi connectivity index (χ0v) is 15.8. The van der Waals surface area contributed by atoms with Crippen LogP contribution in [0, 0.1) is 16.0 Å². The fourth-order valence-corrected chi connectivity index (χ4v) is 2.98. The molecule has 0 saturated carbocycles. The van der Waals surface area contributed by atoms with Crippen molar-refractivity contribution in [3.8, 4) is 0 Å². The number of nitrogens with one attached hydrogen (secondary N) is 1. The van der Waals surface area contributed by atoms with E-state index in [0.717, 1.165) is 25.2 Å². The Labute approximate surface area is 157 Å². The molecule has 1 N–H and O–H groups in total. The minimum absolute atomic E-state index is 0.0273. The van der Waals surface area contributed by atoms with Crippen molar-refractivity contribution in [1.29, 1.82) is 0 Å². The molecule has 27 heavy (non-hydrogen) atoms. The predicted octanol–water partition coefficient (Wildman–Crippen LogP) is 1.47. The summed E-state index contributed by atoms with van der Waals surface area (Å²) < 4.78 is 10.3. The molecule has 0 spiro atoms. The number of nitro groups is 1. The fourth-order valence-electron chi connectivity index (χ4n) is 2.98. The van der Waals surface area contributed by atoms with Crippen LogP contribution in [0.25, 0.3) is 0 Å². The Hall–Kier alpha value is -2.52. The minimum atomic E-state index is -0.743. The molecule has 1 saturated heterocycles. The van der Waals surface area contributed by atoms with Gasteiger partial charge in [-0.3, -0.25) is 19.8 Å². The van der Waals surface area contributed by atoms with E-state index in [4.69, 9.17) is 4.74 Å². The van der Waals surface area contributed by atoms with Crippen LogP contribution >= 0.6 is 0 Å². The molecular weight excluding hydrogens is 354 g/mol. The average molecular weight is 379 g/mol. The number of morpholine rings is 1. The number of rotatable bonds is 7. The number of ether oxygens (including phenoxy) is 2. The number of esters is 1. The summed E-state index contributed by atoms with van der Waals surface area (Å²) in [6, 6.07) is 3.49. The number of carbonyl (C=O) groups excluding carboxylic acids is 2. The van der Waals surface area contributed by atoms with Gasteiger partial charge in [0.2, 0.25) is 0 Å². The molecule has 0 aliphatic carbocycles. The molecule has 1 amide bonds. The average Bonchev–Trinajstić information content (AvgIpc) is 2.64. The fraction of sp³-hybridized carbons (Fsp3) is 0.556. The highest BCUT2D eigenvalue weighted by Gasteiger charge is 2.23. The Morgan fingerprint density at radius 3 is 2.70 bits per heavy atom. The largest absolute Gasteiger partial charge is 0.465 e. The lowest BCUT2D eigenvalue weighted by molar-refractivity contribution is -0.384. The normalized spacial score (nSPS) is 17.6. The maximum Gasteiger partial charge on any atom is 0.338 e. The number of amides is 1.